The van der Waals surface area contributed by atoms with Crippen molar-refractivity contribution in [2.24, 2.45) is 0 Å². The van der Waals surface area contributed by atoms with Gasteiger partial charge in [0, 0.05) is 19.1 Å². The zero-order chi connectivity index (χ0) is 15.7. The van der Waals surface area contributed by atoms with Crippen LogP contribution in [0.3, 0.4) is 0 Å². The summed E-state index contributed by atoms with van der Waals surface area (Å²) in [5.74, 6) is 0. The molecule has 1 heterocycles. The molecule has 1 aromatic heterocycles. The molecule has 122 valence electrons. The lowest BCUT2D eigenvalue weighted by atomic mass is 10.3. The van der Waals surface area contributed by atoms with Crippen LogP contribution < -0.4 is 4.72 Å². The molecule has 8 heteroatoms. The number of nitrogens with one attached hydrogen (secondary N) is 1. The molecule has 1 N–H and O–H groups in total. The molecule has 21 heavy (non-hydrogen) atoms. The Kier molecular flexibility index (Phi) is 7.84. The maximum Gasteiger partial charge on any atom is 0.279 e. The van der Waals surface area contributed by atoms with Crippen LogP contribution in [-0.2, 0) is 16.8 Å². The highest BCUT2D eigenvalue weighted by Crippen LogP contribution is 2.06. The predicted octanol–water partition coefficient (Wildman–Crippen LogP) is 1.40. The number of nitrogens with zero attached hydrogens (tertiary/aromatic N) is 4. The van der Waals surface area contributed by atoms with E-state index in [0.29, 0.717) is 19.6 Å². The van der Waals surface area contributed by atoms with E-state index in [2.05, 4.69) is 28.7 Å². The van der Waals surface area contributed by atoms with Crippen molar-refractivity contribution >= 4 is 10.2 Å². The van der Waals surface area contributed by atoms with Gasteiger partial charge in [-0.05, 0) is 19.8 Å². The topological polar surface area (TPSA) is 80.1 Å². The molecule has 0 radical (unpaired) electrons. The lowest BCUT2D eigenvalue weighted by molar-refractivity contribution is 0.379. The Morgan fingerprint density at radius 3 is 2.33 bits per heavy atom. The van der Waals surface area contributed by atoms with Crippen molar-refractivity contribution in [2.75, 3.05) is 13.1 Å². The quantitative estimate of drug-likeness (QED) is 0.669. The molecule has 7 nitrogen and oxygen atoms in total. The summed E-state index contributed by atoms with van der Waals surface area (Å²) < 4.78 is 30.8. The summed E-state index contributed by atoms with van der Waals surface area (Å²) in [5, 5.41) is 3.99. The van der Waals surface area contributed by atoms with Crippen LogP contribution in [-0.4, -0.2) is 46.6 Å². The molecule has 0 amide bonds. The second kappa shape index (κ2) is 9.11. The van der Waals surface area contributed by atoms with E-state index in [4.69, 9.17) is 0 Å². The summed E-state index contributed by atoms with van der Waals surface area (Å²) in [6.45, 7) is 7.56. The van der Waals surface area contributed by atoms with Crippen LogP contribution in [0, 0.1) is 0 Å². The molecule has 1 aromatic rings. The molecule has 0 aliphatic carbocycles. The van der Waals surface area contributed by atoms with E-state index in [0.717, 1.165) is 25.7 Å². The highest BCUT2D eigenvalue weighted by Gasteiger charge is 2.23. The monoisotopic (exact) mass is 317 g/mol. The first-order valence-corrected chi connectivity index (χ1v) is 9.03. The number of hydrogen-bond donors (Lipinski definition) is 1. The first-order chi connectivity index (χ1) is 9.99. The molecule has 0 aromatic carbocycles. The fraction of sp³-hybridized carbons (Fsp3) is 0.846. The van der Waals surface area contributed by atoms with Crippen molar-refractivity contribution in [1.29, 1.82) is 0 Å². The number of unbranched alkanes of at least 4 members (excludes halogenated alkanes) is 2. The van der Waals surface area contributed by atoms with Crippen molar-refractivity contribution in [1.82, 2.24) is 23.8 Å². The van der Waals surface area contributed by atoms with Crippen molar-refractivity contribution in [2.45, 2.75) is 59.0 Å². The molecule has 0 spiro atoms. The lowest BCUT2D eigenvalue weighted by Gasteiger charge is -2.24. The fourth-order valence-electron chi connectivity index (χ4n) is 1.99. The third kappa shape index (κ3) is 6.54. The Labute approximate surface area is 127 Å². The molecule has 1 atom stereocenters. The van der Waals surface area contributed by atoms with E-state index in [-0.39, 0.29) is 6.04 Å². The van der Waals surface area contributed by atoms with Gasteiger partial charge < -0.3 is 0 Å². The standard InChI is InChI=1S/C13H27N5O2S/c1-4-6-8-18(9-7-5-2)21(19,20)16-13(3)10-17-12-14-11-15-17/h11-13,16H,4-10H2,1-3H3. The summed E-state index contributed by atoms with van der Waals surface area (Å²) in [7, 11) is -3.45. The number of hydrogen-bond acceptors (Lipinski definition) is 4. The van der Waals surface area contributed by atoms with Crippen LogP contribution in [0.2, 0.25) is 0 Å². The molecule has 1 unspecified atom stereocenters. The highest BCUT2D eigenvalue weighted by molar-refractivity contribution is 7.87. The Morgan fingerprint density at radius 2 is 1.86 bits per heavy atom. The average Bonchev–Trinajstić information content (AvgIpc) is 2.90. The van der Waals surface area contributed by atoms with Gasteiger partial charge in [-0.2, -0.15) is 22.5 Å². The van der Waals surface area contributed by atoms with E-state index in [1.165, 1.54) is 6.33 Å². The second-order valence-electron chi connectivity index (χ2n) is 5.25. The van der Waals surface area contributed by atoms with E-state index < -0.39 is 10.2 Å². The lowest BCUT2D eigenvalue weighted by Crippen LogP contribution is -2.46. The molecule has 0 saturated heterocycles. The van der Waals surface area contributed by atoms with Crippen LogP contribution in [0.15, 0.2) is 12.7 Å². The summed E-state index contributed by atoms with van der Waals surface area (Å²) in [4.78, 5) is 3.85. The van der Waals surface area contributed by atoms with Gasteiger partial charge in [0.05, 0.1) is 6.54 Å². The van der Waals surface area contributed by atoms with Crippen molar-refractivity contribution in [3.05, 3.63) is 12.7 Å². The minimum absolute atomic E-state index is 0.234. The van der Waals surface area contributed by atoms with Gasteiger partial charge in [0.15, 0.2) is 0 Å². The van der Waals surface area contributed by atoms with E-state index >= 15 is 0 Å². The van der Waals surface area contributed by atoms with Gasteiger partial charge >= 0.3 is 0 Å². The van der Waals surface area contributed by atoms with Crippen molar-refractivity contribution in [3.8, 4) is 0 Å². The minimum atomic E-state index is -3.45. The SMILES string of the molecule is CCCCN(CCCC)S(=O)(=O)NC(C)Cn1cncn1. The molecule has 0 saturated carbocycles. The highest BCUT2D eigenvalue weighted by atomic mass is 32.2. The zero-order valence-electron chi connectivity index (χ0n) is 13.2. The molecular weight excluding hydrogens is 290 g/mol. The Balaban J connectivity index is 2.61. The third-order valence-electron chi connectivity index (χ3n) is 3.14. The minimum Gasteiger partial charge on any atom is -0.251 e. The van der Waals surface area contributed by atoms with Gasteiger partial charge in [-0.1, -0.05) is 26.7 Å². The maximum atomic E-state index is 12.5. The molecule has 1 rings (SSSR count). The molecular formula is C13H27N5O2S. The Hall–Kier alpha value is -0.990. The molecule has 0 aliphatic rings. The van der Waals surface area contributed by atoms with Gasteiger partial charge in [0.25, 0.3) is 10.2 Å². The molecule has 0 aliphatic heterocycles. The van der Waals surface area contributed by atoms with Gasteiger partial charge in [0.1, 0.15) is 12.7 Å². The number of aromatic nitrogens is 3. The first-order valence-electron chi connectivity index (χ1n) is 7.59. The van der Waals surface area contributed by atoms with Gasteiger partial charge in [0.2, 0.25) is 0 Å². The summed E-state index contributed by atoms with van der Waals surface area (Å²) >= 11 is 0. The van der Waals surface area contributed by atoms with Gasteiger partial charge in [-0.3, -0.25) is 4.68 Å². The van der Waals surface area contributed by atoms with E-state index in [1.54, 1.807) is 15.3 Å². The van der Waals surface area contributed by atoms with Gasteiger partial charge in [-0.25, -0.2) is 4.98 Å². The summed E-state index contributed by atoms with van der Waals surface area (Å²) in [6, 6.07) is -0.234. The summed E-state index contributed by atoms with van der Waals surface area (Å²) in [5.41, 5.74) is 0. The smallest absolute Gasteiger partial charge is 0.251 e. The normalized spacial score (nSPS) is 13.7. The van der Waals surface area contributed by atoms with Crippen LogP contribution in [0.25, 0.3) is 0 Å². The Bertz CT molecular complexity index is 467. The van der Waals surface area contributed by atoms with E-state index in [9.17, 15) is 8.42 Å². The first kappa shape index (κ1) is 18.1. The van der Waals surface area contributed by atoms with Crippen molar-refractivity contribution in [3.63, 3.8) is 0 Å². The zero-order valence-corrected chi connectivity index (χ0v) is 14.0. The predicted molar refractivity (Wildman–Crippen MR) is 82.9 cm³/mol. The van der Waals surface area contributed by atoms with Crippen LogP contribution in [0.5, 0.6) is 0 Å². The molecule has 0 fully saturated rings. The van der Waals surface area contributed by atoms with Crippen LogP contribution >= 0.6 is 0 Å². The maximum absolute atomic E-state index is 12.5. The average molecular weight is 317 g/mol. The van der Waals surface area contributed by atoms with Crippen molar-refractivity contribution < 1.29 is 8.42 Å². The summed E-state index contributed by atoms with van der Waals surface area (Å²) in [6.07, 6.45) is 6.73. The third-order valence-corrected chi connectivity index (χ3v) is 4.88. The second-order valence-corrected chi connectivity index (χ2v) is 6.95. The van der Waals surface area contributed by atoms with Crippen LogP contribution in [0.1, 0.15) is 46.5 Å². The molecule has 0 bridgehead atoms. The number of rotatable bonds is 11. The van der Waals surface area contributed by atoms with Crippen LogP contribution in [0.4, 0.5) is 0 Å². The fourth-order valence-corrected chi connectivity index (χ4v) is 3.47. The largest absolute Gasteiger partial charge is 0.279 e. The Morgan fingerprint density at radius 1 is 1.24 bits per heavy atom. The van der Waals surface area contributed by atoms with E-state index in [1.807, 2.05) is 6.92 Å². The van der Waals surface area contributed by atoms with Gasteiger partial charge in [-0.15, -0.1) is 0 Å².